The van der Waals surface area contributed by atoms with Gasteiger partial charge in [0.2, 0.25) is 0 Å². The van der Waals surface area contributed by atoms with Crippen LogP contribution < -0.4 is 0 Å². The van der Waals surface area contributed by atoms with Crippen LogP contribution in [-0.2, 0) is 24.9 Å². The van der Waals surface area contributed by atoms with Gasteiger partial charge >= 0.3 is 0 Å². The number of carbonyl (C=O) groups is 1. The first-order valence-electron chi connectivity index (χ1n) is 11.3. The van der Waals surface area contributed by atoms with Crippen molar-refractivity contribution in [3.63, 3.8) is 0 Å². The number of aliphatic hydroxyl groups excluding tert-OH is 1. The van der Waals surface area contributed by atoms with Crippen molar-refractivity contribution >= 4 is 27.5 Å². The van der Waals surface area contributed by atoms with E-state index in [0.29, 0.717) is 5.57 Å². The van der Waals surface area contributed by atoms with E-state index >= 15 is 0 Å². The van der Waals surface area contributed by atoms with Gasteiger partial charge in [-0.15, -0.1) is 35.4 Å². The molecule has 0 atom stereocenters. The monoisotopic (exact) mass is 632 g/mol. The van der Waals surface area contributed by atoms with E-state index in [1.165, 1.54) is 16.3 Å². The summed E-state index contributed by atoms with van der Waals surface area (Å²) < 4.78 is 0. The number of benzene rings is 3. The Hall–Kier alpha value is -2.88. The van der Waals surface area contributed by atoms with Crippen LogP contribution in [0, 0.1) is 24.8 Å². The molecule has 1 radical (unpaired) electrons. The zero-order chi connectivity index (χ0) is 24.1. The van der Waals surface area contributed by atoms with E-state index in [4.69, 9.17) is 4.98 Å². The topological polar surface area (TPSA) is 63.1 Å². The minimum absolute atomic E-state index is 0. The van der Waals surface area contributed by atoms with Crippen LogP contribution in [0.15, 0.2) is 72.1 Å². The van der Waals surface area contributed by atoms with Gasteiger partial charge < -0.3 is 5.11 Å². The summed E-state index contributed by atoms with van der Waals surface area (Å²) in [5, 5.41) is 13.0. The number of aromatic nitrogens is 2. The second-order valence-electron chi connectivity index (χ2n) is 8.88. The number of ketones is 1. The number of nitrogens with zero attached hydrogens (tertiary/aromatic N) is 2. The number of aryl methyl sites for hydroxylation is 1. The normalized spacial score (nSPS) is 11.6. The van der Waals surface area contributed by atoms with Crippen molar-refractivity contribution in [2.24, 2.45) is 11.8 Å². The number of fused-ring (bicyclic) bond motifs is 3. The first-order valence-corrected chi connectivity index (χ1v) is 11.3. The molecule has 4 aromatic rings. The molecule has 0 aliphatic carbocycles. The number of rotatable bonds is 4. The summed E-state index contributed by atoms with van der Waals surface area (Å²) in [6.45, 7) is 11.1. The van der Waals surface area contributed by atoms with E-state index in [2.05, 4.69) is 48.3 Å². The van der Waals surface area contributed by atoms with E-state index in [0.717, 1.165) is 22.3 Å². The molecule has 0 saturated carbocycles. The van der Waals surface area contributed by atoms with Crippen molar-refractivity contribution in [2.45, 2.75) is 41.5 Å². The van der Waals surface area contributed by atoms with Crippen LogP contribution in [0.5, 0.6) is 0 Å². The van der Waals surface area contributed by atoms with Gasteiger partial charge in [0.1, 0.15) is 5.76 Å². The molecule has 0 aliphatic heterocycles. The zero-order valence-corrected chi connectivity index (χ0v) is 22.9. The summed E-state index contributed by atoms with van der Waals surface area (Å²) in [6, 6.07) is 21.7. The Morgan fingerprint density at radius 1 is 0.971 bits per heavy atom. The average molecular weight is 632 g/mol. The SMILES string of the molecule is C/C(C(=O)C(C)C)=C(/O)C(C)C.Cc1cc[c-]c(-c2ncc3c(ccc4ccccc43)n2)c1.[Ir]. The van der Waals surface area contributed by atoms with Crippen molar-refractivity contribution in [3.05, 3.63) is 83.8 Å². The molecule has 3 aromatic carbocycles. The zero-order valence-electron chi connectivity index (χ0n) is 20.5. The van der Waals surface area contributed by atoms with Gasteiger partial charge in [-0.05, 0) is 23.8 Å². The predicted molar refractivity (Wildman–Crippen MR) is 136 cm³/mol. The molecule has 1 heterocycles. The quantitative estimate of drug-likeness (QED) is 0.112. The fraction of sp³-hybridized carbons (Fsp3) is 0.276. The van der Waals surface area contributed by atoms with E-state index in [9.17, 15) is 9.90 Å². The Morgan fingerprint density at radius 3 is 2.32 bits per heavy atom. The van der Waals surface area contributed by atoms with Crippen molar-refractivity contribution in [1.29, 1.82) is 0 Å². The van der Waals surface area contributed by atoms with Gasteiger partial charge in [0.15, 0.2) is 5.78 Å². The van der Waals surface area contributed by atoms with Crippen molar-refractivity contribution < 1.29 is 30.0 Å². The number of Topliss-reactive ketones (excluding diaryl/α,β-unsaturated/α-hetero) is 1. The van der Waals surface area contributed by atoms with Crippen LogP contribution in [0.25, 0.3) is 33.1 Å². The van der Waals surface area contributed by atoms with Crippen molar-refractivity contribution in [1.82, 2.24) is 9.97 Å². The van der Waals surface area contributed by atoms with Gasteiger partial charge in [-0.3, -0.25) is 14.8 Å². The molecule has 4 rings (SSSR count). The first-order chi connectivity index (χ1) is 15.7. The standard InChI is InChI=1S/C19H13N2.C10H18O2.Ir/c1-13-5-4-7-15(11-13)19-20-12-17-16-8-3-2-6-14(16)9-10-18(17)21-19;1-6(2)9(11)8(5)10(12)7(3)4;/h2-6,8-12H,1H3;6-7,11H,1-5H3;/q-1;;/b;9-8-;. The minimum atomic E-state index is -0.0362. The van der Waals surface area contributed by atoms with Crippen LogP contribution in [0.2, 0.25) is 0 Å². The third kappa shape index (κ3) is 6.37. The predicted octanol–water partition coefficient (Wildman–Crippen LogP) is 7.26. The Balaban J connectivity index is 0.000000274. The molecule has 1 aromatic heterocycles. The largest absolute Gasteiger partial charge is 0.512 e. The van der Waals surface area contributed by atoms with E-state index < -0.39 is 0 Å². The molecule has 179 valence electrons. The van der Waals surface area contributed by atoms with Crippen molar-refractivity contribution in [3.8, 4) is 11.4 Å². The van der Waals surface area contributed by atoms with E-state index in [1.54, 1.807) is 6.92 Å². The van der Waals surface area contributed by atoms with Gasteiger partial charge in [0.05, 0.1) is 11.3 Å². The minimum Gasteiger partial charge on any atom is -0.512 e. The van der Waals surface area contributed by atoms with Crippen LogP contribution in [0.1, 0.15) is 40.2 Å². The summed E-state index contributed by atoms with van der Waals surface area (Å²) in [4.78, 5) is 20.6. The van der Waals surface area contributed by atoms with E-state index in [1.807, 2.05) is 58.2 Å². The smallest absolute Gasteiger partial charge is 0.164 e. The summed E-state index contributed by atoms with van der Waals surface area (Å²) in [6.07, 6.45) is 1.91. The Labute approximate surface area is 215 Å². The van der Waals surface area contributed by atoms with Gasteiger partial charge in [0, 0.05) is 49.1 Å². The summed E-state index contributed by atoms with van der Waals surface area (Å²) in [7, 11) is 0. The van der Waals surface area contributed by atoms with Crippen LogP contribution in [0.3, 0.4) is 0 Å². The molecule has 4 nitrogen and oxygen atoms in total. The summed E-state index contributed by atoms with van der Waals surface area (Å²) >= 11 is 0. The maximum Gasteiger partial charge on any atom is 0.164 e. The molecule has 0 bridgehead atoms. The molecule has 5 heteroatoms. The molecule has 0 aliphatic rings. The molecular weight excluding hydrogens is 601 g/mol. The third-order valence-electron chi connectivity index (χ3n) is 5.51. The summed E-state index contributed by atoms with van der Waals surface area (Å²) in [5.41, 5.74) is 3.59. The van der Waals surface area contributed by atoms with Gasteiger partial charge in [0.25, 0.3) is 0 Å². The van der Waals surface area contributed by atoms with Gasteiger partial charge in [-0.2, -0.15) is 0 Å². The Kier molecular flexibility index (Phi) is 9.66. The number of hydrogen-bond donors (Lipinski definition) is 1. The second-order valence-corrected chi connectivity index (χ2v) is 8.88. The van der Waals surface area contributed by atoms with Gasteiger partial charge in [-0.1, -0.05) is 65.0 Å². The van der Waals surface area contributed by atoms with Gasteiger partial charge in [-0.25, -0.2) is 0 Å². The molecule has 0 spiro atoms. The Morgan fingerprint density at radius 2 is 1.68 bits per heavy atom. The Bertz CT molecular complexity index is 1330. The average Bonchev–Trinajstić information content (AvgIpc) is 2.82. The maximum absolute atomic E-state index is 11.4. The second kappa shape index (κ2) is 12.0. The van der Waals surface area contributed by atoms with Crippen LogP contribution in [-0.4, -0.2) is 20.9 Å². The summed E-state index contributed by atoms with van der Waals surface area (Å²) in [5.74, 6) is 0.968. The fourth-order valence-electron chi connectivity index (χ4n) is 3.62. The first kappa shape index (κ1) is 27.4. The van der Waals surface area contributed by atoms with E-state index in [-0.39, 0.29) is 43.5 Å². The molecular formula is C29H31IrN2O2-. The molecule has 0 amide bonds. The number of carbonyl (C=O) groups excluding carboxylic acids is 1. The fourth-order valence-corrected chi connectivity index (χ4v) is 3.62. The molecule has 1 N–H and O–H groups in total. The number of hydrogen-bond acceptors (Lipinski definition) is 4. The third-order valence-corrected chi connectivity index (χ3v) is 5.51. The molecule has 0 saturated heterocycles. The maximum atomic E-state index is 11.4. The molecule has 34 heavy (non-hydrogen) atoms. The molecule has 0 unspecified atom stereocenters. The number of aliphatic hydroxyl groups is 1. The van der Waals surface area contributed by atoms with Crippen LogP contribution in [0.4, 0.5) is 0 Å². The molecule has 0 fully saturated rings. The number of allylic oxidation sites excluding steroid dienone is 2. The van der Waals surface area contributed by atoms with Crippen LogP contribution >= 0.6 is 0 Å². The van der Waals surface area contributed by atoms with Crippen molar-refractivity contribution in [2.75, 3.05) is 0 Å².